The molecule has 0 bridgehead atoms. The van der Waals surface area contributed by atoms with Crippen molar-refractivity contribution in [2.24, 2.45) is 0 Å². The standard InChI is InChI=1S/C7H7O5P/c1-10-5-3-2-4-6-7(5)12-13(8,9)11-6/h2-4H,1H3,(H,8,9)/p-1. The van der Waals surface area contributed by atoms with E-state index in [0.29, 0.717) is 5.75 Å². The van der Waals surface area contributed by atoms with Gasteiger partial charge in [0.05, 0.1) is 7.11 Å². The van der Waals surface area contributed by atoms with Crippen molar-refractivity contribution < 1.29 is 23.2 Å². The molecule has 0 N–H and O–H groups in total. The van der Waals surface area contributed by atoms with Crippen molar-refractivity contribution >= 4 is 7.82 Å². The van der Waals surface area contributed by atoms with Crippen LogP contribution in [0.1, 0.15) is 0 Å². The van der Waals surface area contributed by atoms with Gasteiger partial charge in [0, 0.05) is 0 Å². The molecule has 0 aromatic heterocycles. The van der Waals surface area contributed by atoms with Crippen LogP contribution in [0.3, 0.4) is 0 Å². The molecule has 0 spiro atoms. The van der Waals surface area contributed by atoms with E-state index in [-0.39, 0.29) is 11.5 Å². The summed E-state index contributed by atoms with van der Waals surface area (Å²) in [5.74, 6) is 0.618. The maximum atomic E-state index is 10.9. The second-order valence-corrected chi connectivity index (χ2v) is 3.68. The first kappa shape index (κ1) is 8.41. The van der Waals surface area contributed by atoms with Crippen molar-refractivity contribution in [1.82, 2.24) is 0 Å². The lowest BCUT2D eigenvalue weighted by Gasteiger charge is -2.12. The van der Waals surface area contributed by atoms with E-state index < -0.39 is 7.82 Å². The molecule has 1 aromatic rings. The average molecular weight is 201 g/mol. The summed E-state index contributed by atoms with van der Waals surface area (Å²) < 4.78 is 24.9. The first-order valence-corrected chi connectivity index (χ1v) is 4.96. The Morgan fingerprint density at radius 2 is 2.23 bits per heavy atom. The van der Waals surface area contributed by atoms with E-state index in [9.17, 15) is 9.46 Å². The van der Waals surface area contributed by atoms with Crippen LogP contribution >= 0.6 is 7.82 Å². The van der Waals surface area contributed by atoms with Crippen LogP contribution in [0.15, 0.2) is 18.2 Å². The van der Waals surface area contributed by atoms with E-state index >= 15 is 0 Å². The van der Waals surface area contributed by atoms with Gasteiger partial charge in [0.2, 0.25) is 5.75 Å². The zero-order chi connectivity index (χ0) is 9.47. The monoisotopic (exact) mass is 201 g/mol. The number of rotatable bonds is 1. The zero-order valence-electron chi connectivity index (χ0n) is 6.72. The third kappa shape index (κ3) is 1.36. The number of benzene rings is 1. The Morgan fingerprint density at radius 3 is 2.92 bits per heavy atom. The van der Waals surface area contributed by atoms with Crippen molar-refractivity contribution in [2.45, 2.75) is 0 Å². The summed E-state index contributed by atoms with van der Waals surface area (Å²) in [6.07, 6.45) is 0. The predicted octanol–water partition coefficient (Wildman–Crippen LogP) is 0.935. The summed E-state index contributed by atoms with van der Waals surface area (Å²) in [6.45, 7) is 0. The molecule has 2 rings (SSSR count). The fourth-order valence-corrected chi connectivity index (χ4v) is 1.89. The van der Waals surface area contributed by atoms with Crippen molar-refractivity contribution in [1.29, 1.82) is 0 Å². The Balaban J connectivity index is 2.51. The fraction of sp³-hybridized carbons (Fsp3) is 0.143. The predicted molar refractivity (Wildman–Crippen MR) is 41.9 cm³/mol. The summed E-state index contributed by atoms with van der Waals surface area (Å²) in [4.78, 5) is 10.9. The van der Waals surface area contributed by atoms with E-state index in [2.05, 4.69) is 9.05 Å². The molecular weight excluding hydrogens is 195 g/mol. The van der Waals surface area contributed by atoms with E-state index in [1.54, 1.807) is 12.1 Å². The maximum Gasteiger partial charge on any atom is 0.372 e. The number of phosphoric acid groups is 1. The summed E-state index contributed by atoms with van der Waals surface area (Å²) in [5.41, 5.74) is 0. The lowest BCUT2D eigenvalue weighted by atomic mass is 10.3. The Labute approximate surface area is 74.5 Å². The van der Waals surface area contributed by atoms with Gasteiger partial charge >= 0.3 is 7.82 Å². The third-order valence-corrected chi connectivity index (χ3v) is 2.40. The summed E-state index contributed by atoms with van der Waals surface area (Å²) in [5, 5.41) is 0. The second-order valence-electron chi connectivity index (χ2n) is 2.42. The number of para-hydroxylation sites is 1. The number of hydrogen-bond acceptors (Lipinski definition) is 5. The molecule has 5 nitrogen and oxygen atoms in total. The van der Waals surface area contributed by atoms with Crippen LogP contribution in [0, 0.1) is 0 Å². The molecule has 70 valence electrons. The molecule has 0 saturated heterocycles. The van der Waals surface area contributed by atoms with Gasteiger partial charge in [-0.1, -0.05) is 6.07 Å². The first-order chi connectivity index (χ1) is 6.12. The lowest BCUT2D eigenvalue weighted by Crippen LogP contribution is -2.06. The highest BCUT2D eigenvalue weighted by Gasteiger charge is 2.28. The molecule has 6 heteroatoms. The van der Waals surface area contributed by atoms with Gasteiger partial charge in [0.25, 0.3) is 0 Å². The van der Waals surface area contributed by atoms with Crippen LogP contribution in [-0.4, -0.2) is 7.11 Å². The first-order valence-electron chi connectivity index (χ1n) is 3.49. The SMILES string of the molecule is COc1cccc2c1OP(=O)([O-])O2. The molecule has 1 aromatic carbocycles. The van der Waals surface area contributed by atoms with Gasteiger partial charge in [0.15, 0.2) is 11.5 Å². The van der Waals surface area contributed by atoms with Crippen molar-refractivity contribution in [2.75, 3.05) is 7.11 Å². The molecule has 1 unspecified atom stereocenters. The molecule has 0 radical (unpaired) electrons. The molecule has 1 aliphatic rings. The molecule has 0 aliphatic carbocycles. The largest absolute Gasteiger partial charge is 0.736 e. The molecule has 1 atom stereocenters. The molecule has 1 aliphatic heterocycles. The highest BCUT2D eigenvalue weighted by Crippen LogP contribution is 2.56. The van der Waals surface area contributed by atoms with Crippen molar-refractivity contribution in [3.05, 3.63) is 18.2 Å². The van der Waals surface area contributed by atoms with Gasteiger partial charge in [-0.3, -0.25) is 0 Å². The topological polar surface area (TPSA) is 67.8 Å². The maximum absolute atomic E-state index is 10.9. The summed E-state index contributed by atoms with van der Waals surface area (Å²) >= 11 is 0. The fourth-order valence-electron chi connectivity index (χ4n) is 1.07. The van der Waals surface area contributed by atoms with E-state index in [0.717, 1.165) is 0 Å². The normalized spacial score (nSPS) is 24.5. The number of phosphoric ester groups is 1. The Morgan fingerprint density at radius 1 is 1.46 bits per heavy atom. The summed E-state index contributed by atoms with van der Waals surface area (Å²) in [6, 6.07) is 4.70. The average Bonchev–Trinajstić information content (AvgIpc) is 2.37. The van der Waals surface area contributed by atoms with E-state index in [4.69, 9.17) is 4.74 Å². The van der Waals surface area contributed by atoms with Gasteiger partial charge in [-0.25, -0.2) is 4.57 Å². The Kier molecular flexibility index (Phi) is 1.71. The lowest BCUT2D eigenvalue weighted by molar-refractivity contribution is -0.205. The minimum Gasteiger partial charge on any atom is -0.736 e. The quantitative estimate of drug-likeness (QED) is 0.632. The van der Waals surface area contributed by atoms with Crippen LogP contribution in [-0.2, 0) is 4.57 Å². The van der Waals surface area contributed by atoms with Crippen LogP contribution in [0.5, 0.6) is 17.2 Å². The highest BCUT2D eigenvalue weighted by molar-refractivity contribution is 7.47. The number of ether oxygens (including phenoxy) is 1. The molecule has 0 fully saturated rings. The molecular formula is C7H6O5P-. The van der Waals surface area contributed by atoms with Gasteiger partial charge < -0.3 is 18.7 Å². The Bertz CT molecular complexity index is 388. The minimum absolute atomic E-state index is 0.114. The number of methoxy groups -OCH3 is 1. The number of fused-ring (bicyclic) bond motifs is 1. The van der Waals surface area contributed by atoms with Crippen LogP contribution in [0.25, 0.3) is 0 Å². The smallest absolute Gasteiger partial charge is 0.372 e. The minimum atomic E-state index is -4.20. The second kappa shape index (κ2) is 2.65. The number of hydrogen-bond donors (Lipinski definition) is 0. The van der Waals surface area contributed by atoms with Crippen LogP contribution in [0.2, 0.25) is 0 Å². The van der Waals surface area contributed by atoms with Crippen molar-refractivity contribution in [3.63, 3.8) is 0 Å². The molecule has 13 heavy (non-hydrogen) atoms. The van der Waals surface area contributed by atoms with Gasteiger partial charge in [-0.05, 0) is 12.1 Å². The molecule has 0 saturated carbocycles. The van der Waals surface area contributed by atoms with Crippen LogP contribution in [0.4, 0.5) is 0 Å². The van der Waals surface area contributed by atoms with E-state index in [1.807, 2.05) is 0 Å². The zero-order valence-corrected chi connectivity index (χ0v) is 7.61. The van der Waals surface area contributed by atoms with Gasteiger partial charge in [-0.2, -0.15) is 0 Å². The Hall–Kier alpha value is -1.19. The third-order valence-electron chi connectivity index (χ3n) is 1.58. The van der Waals surface area contributed by atoms with Crippen molar-refractivity contribution in [3.8, 4) is 17.2 Å². The van der Waals surface area contributed by atoms with Crippen LogP contribution < -0.4 is 18.7 Å². The van der Waals surface area contributed by atoms with Gasteiger partial charge in [0.1, 0.15) is 0 Å². The molecule has 0 amide bonds. The highest BCUT2D eigenvalue weighted by atomic mass is 31.2. The summed E-state index contributed by atoms with van der Waals surface area (Å²) in [7, 11) is -2.77. The van der Waals surface area contributed by atoms with Gasteiger partial charge in [-0.15, -0.1) is 0 Å². The molecule has 1 heterocycles. The van der Waals surface area contributed by atoms with E-state index in [1.165, 1.54) is 13.2 Å².